The van der Waals surface area contributed by atoms with E-state index in [1.54, 1.807) is 31.2 Å². The van der Waals surface area contributed by atoms with Crippen LogP contribution < -0.4 is 10.0 Å². The molecule has 0 spiro atoms. The minimum atomic E-state index is -3.72. The Bertz CT molecular complexity index is 783. The van der Waals surface area contributed by atoms with Gasteiger partial charge in [-0.2, -0.15) is 0 Å². The van der Waals surface area contributed by atoms with E-state index >= 15 is 0 Å². The van der Waals surface area contributed by atoms with Gasteiger partial charge in [-0.15, -0.1) is 11.3 Å². The zero-order valence-electron chi connectivity index (χ0n) is 12.0. The first kappa shape index (κ1) is 17.0. The molecule has 118 valence electrons. The molecule has 2 rings (SSSR count). The summed E-state index contributed by atoms with van der Waals surface area (Å²) in [5.74, 6) is -0.263. The standard InChI is InChI=1S/C14H15BrN2O3S2/c1-3-16-14(18)12-8-13(9(2)21-12)22(19,20)17-11-6-4-10(15)5-7-11/h4-8,17H,3H2,1-2H3,(H,16,18). The van der Waals surface area contributed by atoms with Crippen molar-refractivity contribution < 1.29 is 13.2 Å². The predicted molar refractivity (Wildman–Crippen MR) is 92.0 cm³/mol. The summed E-state index contributed by atoms with van der Waals surface area (Å²) >= 11 is 4.46. The minimum Gasteiger partial charge on any atom is -0.352 e. The number of carbonyl (C=O) groups excluding carboxylic acids is 1. The Balaban J connectivity index is 2.29. The first-order valence-corrected chi connectivity index (χ1v) is 9.59. The number of aryl methyl sites for hydroxylation is 1. The zero-order chi connectivity index (χ0) is 16.3. The Hall–Kier alpha value is -1.38. The van der Waals surface area contributed by atoms with E-state index in [4.69, 9.17) is 0 Å². The normalized spacial score (nSPS) is 11.2. The summed E-state index contributed by atoms with van der Waals surface area (Å²) in [6.07, 6.45) is 0. The average Bonchev–Trinajstić information content (AvgIpc) is 2.84. The molecule has 1 amide bonds. The zero-order valence-corrected chi connectivity index (χ0v) is 15.2. The molecule has 2 N–H and O–H groups in total. The van der Waals surface area contributed by atoms with Crippen LogP contribution in [0.3, 0.4) is 0 Å². The molecule has 0 aliphatic heterocycles. The summed E-state index contributed by atoms with van der Waals surface area (Å²) in [5, 5.41) is 2.66. The van der Waals surface area contributed by atoms with Crippen LogP contribution in [0.25, 0.3) is 0 Å². The predicted octanol–water partition coefficient (Wildman–Crippen LogP) is 3.37. The number of halogens is 1. The molecule has 0 fully saturated rings. The van der Waals surface area contributed by atoms with Crippen LogP contribution in [0.15, 0.2) is 39.7 Å². The lowest BCUT2D eigenvalue weighted by Crippen LogP contribution is -2.21. The number of hydrogen-bond acceptors (Lipinski definition) is 4. The first-order chi connectivity index (χ1) is 10.3. The number of anilines is 1. The van der Waals surface area contributed by atoms with Crippen LogP contribution in [0.4, 0.5) is 5.69 Å². The number of amides is 1. The first-order valence-electron chi connectivity index (χ1n) is 6.50. The summed E-state index contributed by atoms with van der Waals surface area (Å²) < 4.78 is 28.3. The minimum absolute atomic E-state index is 0.127. The summed E-state index contributed by atoms with van der Waals surface area (Å²) in [5.41, 5.74) is 0.466. The molecule has 0 aliphatic rings. The average molecular weight is 403 g/mol. The van der Waals surface area contributed by atoms with Gasteiger partial charge in [-0.25, -0.2) is 8.42 Å². The maximum Gasteiger partial charge on any atom is 0.263 e. The van der Waals surface area contributed by atoms with E-state index in [-0.39, 0.29) is 10.8 Å². The van der Waals surface area contributed by atoms with Gasteiger partial charge in [0.25, 0.3) is 15.9 Å². The second-order valence-electron chi connectivity index (χ2n) is 4.50. The van der Waals surface area contributed by atoms with Crippen molar-refractivity contribution in [2.24, 2.45) is 0 Å². The molecule has 2 aromatic rings. The van der Waals surface area contributed by atoms with E-state index in [9.17, 15) is 13.2 Å². The second kappa shape index (κ2) is 6.80. The molecule has 0 unspecified atom stereocenters. The van der Waals surface area contributed by atoms with Crippen LogP contribution in [0.5, 0.6) is 0 Å². The maximum atomic E-state index is 12.5. The van der Waals surface area contributed by atoms with E-state index in [1.165, 1.54) is 6.07 Å². The highest BCUT2D eigenvalue weighted by atomic mass is 79.9. The van der Waals surface area contributed by atoms with E-state index in [1.807, 2.05) is 6.92 Å². The molecule has 1 aromatic carbocycles. The molecule has 1 aromatic heterocycles. The van der Waals surface area contributed by atoms with Gasteiger partial charge in [-0.3, -0.25) is 9.52 Å². The van der Waals surface area contributed by atoms with Gasteiger partial charge in [0, 0.05) is 21.6 Å². The van der Waals surface area contributed by atoms with Gasteiger partial charge in [0.05, 0.1) is 4.88 Å². The molecule has 1 heterocycles. The molecule has 0 saturated carbocycles. The number of rotatable bonds is 5. The van der Waals surface area contributed by atoms with Gasteiger partial charge in [0.15, 0.2) is 0 Å². The third-order valence-corrected chi connectivity index (χ3v) is 6.03. The fourth-order valence-corrected chi connectivity index (χ4v) is 4.65. The molecule has 0 radical (unpaired) electrons. The number of benzene rings is 1. The van der Waals surface area contributed by atoms with E-state index in [0.29, 0.717) is 22.0 Å². The largest absolute Gasteiger partial charge is 0.352 e. The summed E-state index contributed by atoms with van der Waals surface area (Å²) in [6, 6.07) is 8.23. The van der Waals surface area contributed by atoms with Crippen molar-refractivity contribution in [3.05, 3.63) is 44.6 Å². The van der Waals surface area contributed by atoms with Gasteiger partial charge in [0.1, 0.15) is 4.90 Å². The smallest absolute Gasteiger partial charge is 0.263 e. The van der Waals surface area contributed by atoms with Crippen LogP contribution in [-0.4, -0.2) is 20.9 Å². The summed E-state index contributed by atoms with van der Waals surface area (Å²) in [6.45, 7) is 3.99. The van der Waals surface area contributed by atoms with Gasteiger partial charge in [0.2, 0.25) is 0 Å². The van der Waals surface area contributed by atoms with Crippen LogP contribution in [0, 0.1) is 6.92 Å². The number of carbonyl (C=O) groups is 1. The van der Waals surface area contributed by atoms with Crippen molar-refractivity contribution in [3.63, 3.8) is 0 Å². The van der Waals surface area contributed by atoms with Gasteiger partial charge in [-0.05, 0) is 44.2 Å². The van der Waals surface area contributed by atoms with Gasteiger partial charge in [-0.1, -0.05) is 15.9 Å². The van der Waals surface area contributed by atoms with Crippen LogP contribution in [0.2, 0.25) is 0 Å². The lowest BCUT2D eigenvalue weighted by Gasteiger charge is -2.07. The Morgan fingerprint density at radius 3 is 2.50 bits per heavy atom. The topological polar surface area (TPSA) is 75.3 Å². The lowest BCUT2D eigenvalue weighted by molar-refractivity contribution is 0.0959. The highest BCUT2D eigenvalue weighted by Crippen LogP contribution is 2.27. The monoisotopic (exact) mass is 402 g/mol. The number of thiophene rings is 1. The third kappa shape index (κ3) is 3.88. The quantitative estimate of drug-likeness (QED) is 0.804. The number of nitrogens with one attached hydrogen (secondary N) is 2. The van der Waals surface area contributed by atoms with E-state index in [0.717, 1.165) is 15.8 Å². The van der Waals surface area contributed by atoms with Crippen molar-refractivity contribution in [1.29, 1.82) is 0 Å². The molecule has 0 atom stereocenters. The molecule has 5 nitrogen and oxygen atoms in total. The number of hydrogen-bond donors (Lipinski definition) is 2. The Morgan fingerprint density at radius 1 is 1.27 bits per heavy atom. The summed E-state index contributed by atoms with van der Waals surface area (Å²) in [7, 11) is -3.72. The summed E-state index contributed by atoms with van der Waals surface area (Å²) in [4.78, 5) is 12.9. The van der Waals surface area contributed by atoms with Gasteiger partial charge < -0.3 is 5.32 Å². The number of sulfonamides is 1. The molecule has 22 heavy (non-hydrogen) atoms. The fraction of sp³-hybridized carbons (Fsp3) is 0.214. The molecular formula is C14H15BrN2O3S2. The maximum absolute atomic E-state index is 12.5. The Morgan fingerprint density at radius 2 is 1.91 bits per heavy atom. The molecule has 0 aliphatic carbocycles. The van der Waals surface area contributed by atoms with Crippen molar-refractivity contribution in [2.45, 2.75) is 18.7 Å². The van der Waals surface area contributed by atoms with Crippen LogP contribution >= 0.6 is 27.3 Å². The molecule has 0 bridgehead atoms. The van der Waals surface area contributed by atoms with Crippen molar-refractivity contribution >= 4 is 48.9 Å². The Kier molecular flexibility index (Phi) is 5.25. The molecule has 0 saturated heterocycles. The molecule has 8 heteroatoms. The van der Waals surface area contributed by atoms with Crippen molar-refractivity contribution in [3.8, 4) is 0 Å². The van der Waals surface area contributed by atoms with Crippen molar-refractivity contribution in [2.75, 3.05) is 11.3 Å². The van der Waals surface area contributed by atoms with Crippen LogP contribution in [-0.2, 0) is 10.0 Å². The Labute approximate surface area is 141 Å². The highest BCUT2D eigenvalue weighted by molar-refractivity contribution is 9.10. The molecular weight excluding hydrogens is 388 g/mol. The second-order valence-corrected chi connectivity index (χ2v) is 8.33. The van der Waals surface area contributed by atoms with Crippen molar-refractivity contribution in [1.82, 2.24) is 5.32 Å². The van der Waals surface area contributed by atoms with Gasteiger partial charge >= 0.3 is 0 Å². The lowest BCUT2D eigenvalue weighted by atomic mass is 10.3. The highest BCUT2D eigenvalue weighted by Gasteiger charge is 2.22. The fourth-order valence-electron chi connectivity index (χ4n) is 1.82. The van der Waals surface area contributed by atoms with Crippen LogP contribution in [0.1, 0.15) is 21.5 Å². The third-order valence-electron chi connectivity index (χ3n) is 2.82. The van der Waals surface area contributed by atoms with E-state index in [2.05, 4.69) is 26.0 Å². The van der Waals surface area contributed by atoms with E-state index < -0.39 is 10.0 Å². The SMILES string of the molecule is CCNC(=O)c1cc(S(=O)(=O)Nc2ccc(Br)cc2)c(C)s1.